The van der Waals surface area contributed by atoms with Gasteiger partial charge in [-0.25, -0.2) is 0 Å². The predicted octanol–water partition coefficient (Wildman–Crippen LogP) is 3.01. The summed E-state index contributed by atoms with van der Waals surface area (Å²) in [5.74, 6) is 1.59. The van der Waals surface area contributed by atoms with Crippen molar-refractivity contribution < 1.29 is 4.74 Å². The van der Waals surface area contributed by atoms with Crippen LogP contribution in [0.2, 0.25) is 0 Å². The standard InChI is InChI=1S/C16H36N2O/c1-14(2)7-10-18(11-8-15(3)4)12-9-17-16(5)13-19-6/h14-17H,7-13H2,1-6H3. The van der Waals surface area contributed by atoms with Gasteiger partial charge in [-0.05, 0) is 44.7 Å². The quantitative estimate of drug-likeness (QED) is 0.591. The van der Waals surface area contributed by atoms with E-state index in [-0.39, 0.29) is 0 Å². The summed E-state index contributed by atoms with van der Waals surface area (Å²) < 4.78 is 5.14. The molecule has 0 aliphatic heterocycles. The van der Waals surface area contributed by atoms with Gasteiger partial charge in [-0.2, -0.15) is 0 Å². The highest BCUT2D eigenvalue weighted by Crippen LogP contribution is 2.06. The van der Waals surface area contributed by atoms with Crippen molar-refractivity contribution in [3.63, 3.8) is 0 Å². The van der Waals surface area contributed by atoms with Crippen LogP contribution in [0.4, 0.5) is 0 Å². The lowest BCUT2D eigenvalue weighted by molar-refractivity contribution is 0.168. The molecule has 3 heteroatoms. The van der Waals surface area contributed by atoms with Crippen molar-refractivity contribution in [3.8, 4) is 0 Å². The average molecular weight is 272 g/mol. The Morgan fingerprint density at radius 1 is 0.895 bits per heavy atom. The zero-order chi connectivity index (χ0) is 14.7. The maximum Gasteiger partial charge on any atom is 0.0613 e. The molecule has 1 unspecified atom stereocenters. The minimum Gasteiger partial charge on any atom is -0.383 e. The largest absolute Gasteiger partial charge is 0.383 e. The fourth-order valence-electron chi connectivity index (χ4n) is 1.99. The molecule has 0 amide bonds. The van der Waals surface area contributed by atoms with Crippen LogP contribution in [-0.2, 0) is 4.74 Å². The van der Waals surface area contributed by atoms with Crippen LogP contribution in [0.3, 0.4) is 0 Å². The maximum absolute atomic E-state index is 5.14. The summed E-state index contributed by atoms with van der Waals surface area (Å²) in [4.78, 5) is 2.60. The van der Waals surface area contributed by atoms with Crippen LogP contribution < -0.4 is 5.32 Å². The molecule has 1 atom stereocenters. The highest BCUT2D eigenvalue weighted by Gasteiger charge is 2.08. The second-order valence-electron chi connectivity index (χ2n) is 6.52. The molecule has 0 aliphatic carbocycles. The Labute approximate surface area is 121 Å². The van der Waals surface area contributed by atoms with Gasteiger partial charge in [-0.15, -0.1) is 0 Å². The fourth-order valence-corrected chi connectivity index (χ4v) is 1.99. The monoisotopic (exact) mass is 272 g/mol. The highest BCUT2D eigenvalue weighted by atomic mass is 16.5. The third-order valence-corrected chi connectivity index (χ3v) is 3.38. The molecule has 0 aromatic rings. The van der Waals surface area contributed by atoms with E-state index in [0.29, 0.717) is 6.04 Å². The summed E-state index contributed by atoms with van der Waals surface area (Å²) in [7, 11) is 1.76. The number of ether oxygens (including phenoxy) is 1. The normalized spacial score (nSPS) is 13.7. The average Bonchev–Trinajstić information content (AvgIpc) is 2.31. The summed E-state index contributed by atoms with van der Waals surface area (Å²) in [5.41, 5.74) is 0. The molecule has 0 bridgehead atoms. The molecule has 0 saturated carbocycles. The lowest BCUT2D eigenvalue weighted by Crippen LogP contribution is -2.39. The van der Waals surface area contributed by atoms with Crippen molar-refractivity contribution in [1.82, 2.24) is 10.2 Å². The molecule has 3 nitrogen and oxygen atoms in total. The van der Waals surface area contributed by atoms with E-state index in [1.54, 1.807) is 7.11 Å². The zero-order valence-electron chi connectivity index (χ0n) is 14.0. The molecule has 1 N–H and O–H groups in total. The van der Waals surface area contributed by atoms with Crippen LogP contribution in [0.1, 0.15) is 47.5 Å². The summed E-state index contributed by atoms with van der Waals surface area (Å²) in [6.07, 6.45) is 2.59. The van der Waals surface area contributed by atoms with Crippen LogP contribution in [0.5, 0.6) is 0 Å². The van der Waals surface area contributed by atoms with Crippen LogP contribution in [0.25, 0.3) is 0 Å². The van der Waals surface area contributed by atoms with E-state index in [2.05, 4.69) is 44.8 Å². The molecule has 116 valence electrons. The molecule has 0 fully saturated rings. The van der Waals surface area contributed by atoms with Gasteiger partial charge < -0.3 is 15.0 Å². The van der Waals surface area contributed by atoms with Crippen molar-refractivity contribution >= 4 is 0 Å². The Kier molecular flexibility index (Phi) is 11.6. The van der Waals surface area contributed by atoms with Crippen molar-refractivity contribution in [2.24, 2.45) is 11.8 Å². The van der Waals surface area contributed by atoms with Gasteiger partial charge in [0.2, 0.25) is 0 Å². The van der Waals surface area contributed by atoms with E-state index >= 15 is 0 Å². The predicted molar refractivity (Wildman–Crippen MR) is 84.7 cm³/mol. The molecule has 0 aromatic heterocycles. The highest BCUT2D eigenvalue weighted by molar-refractivity contribution is 4.65. The molecule has 0 saturated heterocycles. The van der Waals surface area contributed by atoms with Crippen LogP contribution in [-0.4, -0.2) is 50.8 Å². The summed E-state index contributed by atoms with van der Waals surface area (Å²) in [5, 5.41) is 3.52. The van der Waals surface area contributed by atoms with Gasteiger partial charge in [0, 0.05) is 26.2 Å². The summed E-state index contributed by atoms with van der Waals surface area (Å²) in [6, 6.07) is 0.446. The Morgan fingerprint density at radius 3 is 1.84 bits per heavy atom. The third kappa shape index (κ3) is 12.6. The van der Waals surface area contributed by atoms with Gasteiger partial charge in [-0.1, -0.05) is 27.7 Å². The lowest BCUT2D eigenvalue weighted by Gasteiger charge is -2.25. The van der Waals surface area contributed by atoms with Crippen LogP contribution in [0, 0.1) is 11.8 Å². The van der Waals surface area contributed by atoms with Gasteiger partial charge in [0.25, 0.3) is 0 Å². The van der Waals surface area contributed by atoms with Gasteiger partial charge in [0.15, 0.2) is 0 Å². The third-order valence-electron chi connectivity index (χ3n) is 3.38. The molecular formula is C16H36N2O. The first kappa shape index (κ1) is 18.9. The van der Waals surface area contributed by atoms with Gasteiger partial charge in [-0.3, -0.25) is 0 Å². The lowest BCUT2D eigenvalue weighted by atomic mass is 10.1. The van der Waals surface area contributed by atoms with Crippen LogP contribution in [0.15, 0.2) is 0 Å². The molecule has 0 aliphatic rings. The number of methoxy groups -OCH3 is 1. The van der Waals surface area contributed by atoms with E-state index in [1.807, 2.05) is 0 Å². The first-order valence-electron chi connectivity index (χ1n) is 7.90. The Hall–Kier alpha value is -0.120. The van der Waals surface area contributed by atoms with Crippen molar-refractivity contribution in [2.45, 2.75) is 53.5 Å². The van der Waals surface area contributed by atoms with E-state index in [4.69, 9.17) is 4.74 Å². The second kappa shape index (κ2) is 11.7. The first-order chi connectivity index (χ1) is 8.95. The maximum atomic E-state index is 5.14. The number of nitrogens with zero attached hydrogens (tertiary/aromatic N) is 1. The van der Waals surface area contributed by atoms with Crippen molar-refractivity contribution in [2.75, 3.05) is 39.9 Å². The number of rotatable bonds is 12. The summed E-state index contributed by atoms with van der Waals surface area (Å²) >= 11 is 0. The van der Waals surface area contributed by atoms with Gasteiger partial charge in [0.05, 0.1) is 6.61 Å². The van der Waals surface area contributed by atoms with E-state index in [1.165, 1.54) is 25.9 Å². The SMILES string of the molecule is COCC(C)NCCN(CCC(C)C)CCC(C)C. The van der Waals surface area contributed by atoms with Crippen molar-refractivity contribution in [3.05, 3.63) is 0 Å². The number of hydrogen-bond acceptors (Lipinski definition) is 3. The Balaban J connectivity index is 3.89. The molecule has 0 radical (unpaired) electrons. The Morgan fingerprint density at radius 2 is 1.42 bits per heavy atom. The molecule has 0 spiro atoms. The van der Waals surface area contributed by atoms with Crippen molar-refractivity contribution in [1.29, 1.82) is 0 Å². The van der Waals surface area contributed by atoms with E-state index in [0.717, 1.165) is 31.5 Å². The molecule has 0 aromatic carbocycles. The topological polar surface area (TPSA) is 24.5 Å². The van der Waals surface area contributed by atoms with Crippen LogP contribution >= 0.6 is 0 Å². The molecular weight excluding hydrogens is 236 g/mol. The smallest absolute Gasteiger partial charge is 0.0613 e. The van der Waals surface area contributed by atoms with Gasteiger partial charge in [0.1, 0.15) is 0 Å². The second-order valence-corrected chi connectivity index (χ2v) is 6.52. The molecule has 0 rings (SSSR count). The first-order valence-corrected chi connectivity index (χ1v) is 7.90. The van der Waals surface area contributed by atoms with E-state index in [9.17, 15) is 0 Å². The van der Waals surface area contributed by atoms with E-state index < -0.39 is 0 Å². The Bertz CT molecular complexity index is 183. The molecule has 0 heterocycles. The van der Waals surface area contributed by atoms with Gasteiger partial charge >= 0.3 is 0 Å². The minimum atomic E-state index is 0.446. The summed E-state index contributed by atoms with van der Waals surface area (Å²) in [6.45, 7) is 16.8. The number of hydrogen-bond donors (Lipinski definition) is 1. The number of nitrogens with one attached hydrogen (secondary N) is 1. The fraction of sp³-hybridized carbons (Fsp3) is 1.00. The molecule has 19 heavy (non-hydrogen) atoms. The zero-order valence-corrected chi connectivity index (χ0v) is 14.0. The minimum absolute atomic E-state index is 0.446.